The van der Waals surface area contributed by atoms with Gasteiger partial charge >= 0.3 is 0 Å². The number of halogens is 1. The lowest BCUT2D eigenvalue weighted by Gasteiger charge is -2.08. The van der Waals surface area contributed by atoms with Crippen molar-refractivity contribution in [3.63, 3.8) is 0 Å². The molecule has 29 heavy (non-hydrogen) atoms. The summed E-state index contributed by atoms with van der Waals surface area (Å²) in [4.78, 5) is 0. The van der Waals surface area contributed by atoms with Crippen LogP contribution in [0.15, 0.2) is 84.9 Å². The summed E-state index contributed by atoms with van der Waals surface area (Å²) in [6.07, 6.45) is 6.38. The number of rotatable bonds is 7. The second-order valence-corrected chi connectivity index (χ2v) is 7.79. The Balaban J connectivity index is 1.52. The zero-order chi connectivity index (χ0) is 20.1. The summed E-state index contributed by atoms with van der Waals surface area (Å²) in [7, 11) is 0. The SMILES string of the molecule is CCCCCCc1ccc2cc(-c3ccc(-c4ccc(F)cc4)cc3)ccc2c1. The Morgan fingerprint density at radius 2 is 1.10 bits per heavy atom. The molecule has 0 atom stereocenters. The Morgan fingerprint density at radius 1 is 0.552 bits per heavy atom. The van der Waals surface area contributed by atoms with E-state index >= 15 is 0 Å². The van der Waals surface area contributed by atoms with Crippen LogP contribution in [0.4, 0.5) is 4.39 Å². The lowest BCUT2D eigenvalue weighted by molar-refractivity contribution is 0.628. The first kappa shape index (κ1) is 19.4. The van der Waals surface area contributed by atoms with E-state index in [0.29, 0.717) is 0 Å². The molecule has 0 aliphatic carbocycles. The summed E-state index contributed by atoms with van der Waals surface area (Å²) in [6, 6.07) is 28.7. The molecule has 0 aliphatic rings. The molecule has 0 heterocycles. The Bertz CT molecular complexity index is 1080. The van der Waals surface area contributed by atoms with Crippen molar-refractivity contribution in [1.29, 1.82) is 0 Å². The van der Waals surface area contributed by atoms with Crippen LogP contribution in [0.1, 0.15) is 38.2 Å². The average molecular weight is 383 g/mol. The molecule has 0 saturated heterocycles. The fourth-order valence-corrected chi connectivity index (χ4v) is 3.88. The first-order valence-electron chi connectivity index (χ1n) is 10.6. The van der Waals surface area contributed by atoms with Crippen molar-refractivity contribution in [1.82, 2.24) is 0 Å². The molecule has 0 amide bonds. The van der Waals surface area contributed by atoms with Crippen molar-refractivity contribution >= 4 is 10.8 Å². The lowest BCUT2D eigenvalue weighted by atomic mass is 9.97. The maximum Gasteiger partial charge on any atom is 0.123 e. The highest BCUT2D eigenvalue weighted by molar-refractivity contribution is 5.88. The molecule has 0 aromatic heterocycles. The van der Waals surface area contributed by atoms with Crippen molar-refractivity contribution < 1.29 is 4.39 Å². The van der Waals surface area contributed by atoms with E-state index in [9.17, 15) is 4.39 Å². The van der Waals surface area contributed by atoms with E-state index in [1.165, 1.54) is 71.7 Å². The van der Waals surface area contributed by atoms with Gasteiger partial charge in [-0.05, 0) is 69.6 Å². The molecule has 0 spiro atoms. The first-order chi connectivity index (χ1) is 14.2. The van der Waals surface area contributed by atoms with Gasteiger partial charge < -0.3 is 0 Å². The molecular weight excluding hydrogens is 355 g/mol. The Hall–Kier alpha value is -2.93. The third kappa shape index (κ3) is 4.74. The summed E-state index contributed by atoms with van der Waals surface area (Å²) >= 11 is 0. The Morgan fingerprint density at radius 3 is 1.79 bits per heavy atom. The molecule has 0 nitrogen and oxygen atoms in total. The van der Waals surface area contributed by atoms with Gasteiger partial charge in [-0.15, -0.1) is 0 Å². The molecular formula is C28H27F. The Labute approximate surface area is 173 Å². The highest BCUT2D eigenvalue weighted by atomic mass is 19.1. The van der Waals surface area contributed by atoms with Gasteiger partial charge in [0.2, 0.25) is 0 Å². The zero-order valence-corrected chi connectivity index (χ0v) is 17.0. The molecule has 0 N–H and O–H groups in total. The van der Waals surface area contributed by atoms with Gasteiger partial charge in [0.05, 0.1) is 0 Å². The van der Waals surface area contributed by atoms with Gasteiger partial charge in [0.25, 0.3) is 0 Å². The quantitative estimate of drug-likeness (QED) is 0.281. The van der Waals surface area contributed by atoms with Crippen molar-refractivity contribution in [2.24, 2.45) is 0 Å². The fraction of sp³-hybridized carbons (Fsp3) is 0.214. The molecule has 4 aromatic rings. The van der Waals surface area contributed by atoms with Crippen LogP contribution in [0.3, 0.4) is 0 Å². The average Bonchev–Trinajstić information content (AvgIpc) is 2.77. The molecule has 4 rings (SSSR count). The number of hydrogen-bond donors (Lipinski definition) is 0. The number of unbranched alkanes of at least 4 members (excludes halogenated alkanes) is 3. The van der Waals surface area contributed by atoms with Gasteiger partial charge in [0.15, 0.2) is 0 Å². The lowest BCUT2D eigenvalue weighted by Crippen LogP contribution is -1.87. The maximum atomic E-state index is 13.1. The van der Waals surface area contributed by atoms with E-state index < -0.39 is 0 Å². The first-order valence-corrected chi connectivity index (χ1v) is 10.6. The van der Waals surface area contributed by atoms with Gasteiger partial charge in [-0.3, -0.25) is 0 Å². The number of fused-ring (bicyclic) bond motifs is 1. The van der Waals surface area contributed by atoms with Gasteiger partial charge in [0, 0.05) is 0 Å². The molecule has 146 valence electrons. The van der Waals surface area contributed by atoms with Crippen LogP contribution in [0.25, 0.3) is 33.0 Å². The molecule has 4 aromatic carbocycles. The van der Waals surface area contributed by atoms with Crippen LogP contribution in [0.5, 0.6) is 0 Å². The normalized spacial score (nSPS) is 11.1. The van der Waals surface area contributed by atoms with E-state index in [4.69, 9.17) is 0 Å². The maximum absolute atomic E-state index is 13.1. The van der Waals surface area contributed by atoms with Gasteiger partial charge in [-0.1, -0.05) is 92.9 Å². The summed E-state index contributed by atoms with van der Waals surface area (Å²) in [5.41, 5.74) is 5.98. The van der Waals surface area contributed by atoms with E-state index in [2.05, 4.69) is 67.6 Å². The third-order valence-corrected chi connectivity index (χ3v) is 5.62. The molecule has 1 heteroatoms. The highest BCUT2D eigenvalue weighted by Crippen LogP contribution is 2.28. The number of benzene rings is 4. The summed E-state index contributed by atoms with van der Waals surface area (Å²) in [5, 5.41) is 2.59. The van der Waals surface area contributed by atoms with Gasteiger partial charge in [0.1, 0.15) is 5.82 Å². The molecule has 0 bridgehead atoms. The molecule has 0 unspecified atom stereocenters. The number of hydrogen-bond acceptors (Lipinski definition) is 0. The molecule has 0 fully saturated rings. The van der Waals surface area contributed by atoms with Crippen molar-refractivity contribution in [3.8, 4) is 22.3 Å². The van der Waals surface area contributed by atoms with Crippen LogP contribution in [0.2, 0.25) is 0 Å². The predicted molar refractivity (Wildman–Crippen MR) is 123 cm³/mol. The monoisotopic (exact) mass is 382 g/mol. The predicted octanol–water partition coefficient (Wildman–Crippen LogP) is 8.44. The van der Waals surface area contributed by atoms with E-state index in [1.807, 2.05) is 12.1 Å². The van der Waals surface area contributed by atoms with Crippen LogP contribution in [0, 0.1) is 5.82 Å². The third-order valence-electron chi connectivity index (χ3n) is 5.62. The van der Waals surface area contributed by atoms with Gasteiger partial charge in [-0.25, -0.2) is 4.39 Å². The van der Waals surface area contributed by atoms with Gasteiger partial charge in [-0.2, -0.15) is 0 Å². The fourth-order valence-electron chi connectivity index (χ4n) is 3.88. The summed E-state index contributed by atoms with van der Waals surface area (Å²) in [6.45, 7) is 2.25. The minimum Gasteiger partial charge on any atom is -0.207 e. The van der Waals surface area contributed by atoms with Crippen molar-refractivity contribution in [3.05, 3.63) is 96.3 Å². The second-order valence-electron chi connectivity index (χ2n) is 7.79. The summed E-state index contributed by atoms with van der Waals surface area (Å²) in [5.74, 6) is -0.203. The Kier molecular flexibility index (Phi) is 6.05. The van der Waals surface area contributed by atoms with Crippen molar-refractivity contribution in [2.45, 2.75) is 39.0 Å². The minimum absolute atomic E-state index is 0.203. The van der Waals surface area contributed by atoms with Crippen LogP contribution >= 0.6 is 0 Å². The topological polar surface area (TPSA) is 0 Å². The standard InChI is InChI=1S/C28H27F/c1-2-3-4-5-6-21-7-8-27-20-26(14-13-25(27)19-21)24-11-9-22(10-12-24)23-15-17-28(29)18-16-23/h7-20H,2-6H2,1H3. The van der Waals surface area contributed by atoms with E-state index in [0.717, 1.165) is 11.1 Å². The highest BCUT2D eigenvalue weighted by Gasteiger charge is 2.03. The molecule has 0 aliphatic heterocycles. The van der Waals surface area contributed by atoms with Crippen LogP contribution in [-0.2, 0) is 6.42 Å². The summed E-state index contributed by atoms with van der Waals surface area (Å²) < 4.78 is 13.1. The van der Waals surface area contributed by atoms with Crippen LogP contribution < -0.4 is 0 Å². The smallest absolute Gasteiger partial charge is 0.123 e. The second kappa shape index (κ2) is 9.05. The minimum atomic E-state index is -0.203. The van der Waals surface area contributed by atoms with E-state index in [1.54, 1.807) is 0 Å². The van der Waals surface area contributed by atoms with E-state index in [-0.39, 0.29) is 5.82 Å². The largest absolute Gasteiger partial charge is 0.207 e. The number of aryl methyl sites for hydroxylation is 1. The molecule has 0 saturated carbocycles. The van der Waals surface area contributed by atoms with Crippen LogP contribution in [-0.4, -0.2) is 0 Å². The molecule has 0 radical (unpaired) electrons. The van der Waals surface area contributed by atoms with Crippen molar-refractivity contribution in [2.75, 3.05) is 0 Å². The zero-order valence-electron chi connectivity index (χ0n) is 17.0.